The minimum absolute atomic E-state index is 0.00756. The average Bonchev–Trinajstić information content (AvgIpc) is 3.90. The highest BCUT2D eigenvalue weighted by Crippen LogP contribution is 2.48. The number of aryl methyl sites for hydroxylation is 1. The zero-order chi connectivity index (χ0) is 36.5. The SMILES string of the molecule is CCN1C[C@@H]2C[C@H]1CN2C(=O)c1cnn(C)c1C1=Cc2cc(OC)ccc2-c2c(C3CCCCC3)c3ccc(C(=O)NS(=O)(=O)C(C)C)cc3n2C1. The van der Waals surface area contributed by atoms with Crippen LogP contribution in [0, 0.1) is 0 Å². The Labute approximate surface area is 305 Å². The Morgan fingerprint density at radius 1 is 1.02 bits per heavy atom. The van der Waals surface area contributed by atoms with Gasteiger partial charge < -0.3 is 14.2 Å². The highest BCUT2D eigenvalue weighted by Gasteiger charge is 2.45. The number of ether oxygens (including phenoxy) is 1. The quantitative estimate of drug-likeness (QED) is 0.236. The molecular weight excluding hydrogens is 677 g/mol. The molecule has 4 aliphatic rings. The van der Waals surface area contributed by atoms with Gasteiger partial charge in [0, 0.05) is 54.3 Å². The maximum Gasteiger partial charge on any atom is 0.264 e. The first-order valence-electron chi connectivity index (χ1n) is 18.7. The van der Waals surface area contributed by atoms with Crippen LogP contribution in [0.1, 0.15) is 103 Å². The molecule has 2 atom stereocenters. The van der Waals surface area contributed by atoms with Crippen LogP contribution < -0.4 is 9.46 Å². The lowest BCUT2D eigenvalue weighted by molar-refractivity contribution is 0.0630. The number of aromatic nitrogens is 3. The smallest absolute Gasteiger partial charge is 0.264 e. The van der Waals surface area contributed by atoms with Gasteiger partial charge in [-0.25, -0.2) is 13.1 Å². The van der Waals surface area contributed by atoms with Crippen LogP contribution in [0.5, 0.6) is 5.75 Å². The predicted molar refractivity (Wildman–Crippen MR) is 203 cm³/mol. The summed E-state index contributed by atoms with van der Waals surface area (Å²) >= 11 is 0. The number of nitrogens with one attached hydrogen (secondary N) is 1. The van der Waals surface area contributed by atoms with E-state index in [9.17, 15) is 18.0 Å². The number of carbonyl (C=O) groups excluding carboxylic acids is 2. The lowest BCUT2D eigenvalue weighted by Gasteiger charge is -2.33. The van der Waals surface area contributed by atoms with E-state index in [1.165, 1.54) is 12.0 Å². The highest BCUT2D eigenvalue weighted by atomic mass is 32.2. The number of carbonyl (C=O) groups is 2. The molecule has 3 aliphatic heterocycles. The largest absolute Gasteiger partial charge is 0.497 e. The lowest BCUT2D eigenvalue weighted by Crippen LogP contribution is -2.48. The summed E-state index contributed by atoms with van der Waals surface area (Å²) in [4.78, 5) is 32.4. The van der Waals surface area contributed by atoms with Crippen LogP contribution in [0.2, 0.25) is 0 Å². The van der Waals surface area contributed by atoms with E-state index < -0.39 is 21.2 Å². The van der Waals surface area contributed by atoms with Gasteiger partial charge in [0.25, 0.3) is 11.8 Å². The number of fused-ring (bicyclic) bond motifs is 7. The minimum Gasteiger partial charge on any atom is -0.497 e. The molecule has 0 radical (unpaired) electrons. The van der Waals surface area contributed by atoms with Gasteiger partial charge in [0.1, 0.15) is 5.75 Å². The lowest BCUT2D eigenvalue weighted by atomic mass is 9.81. The van der Waals surface area contributed by atoms with Crippen molar-refractivity contribution in [1.82, 2.24) is 28.9 Å². The highest BCUT2D eigenvalue weighted by molar-refractivity contribution is 7.90. The zero-order valence-electron chi connectivity index (χ0n) is 30.7. The summed E-state index contributed by atoms with van der Waals surface area (Å²) in [7, 11) is -0.272. The molecule has 3 fully saturated rings. The van der Waals surface area contributed by atoms with Gasteiger partial charge in [-0.2, -0.15) is 5.10 Å². The molecule has 2 bridgehead atoms. The third-order valence-corrected chi connectivity index (χ3v) is 13.6. The number of allylic oxidation sites excluding steroid dienone is 1. The zero-order valence-corrected chi connectivity index (χ0v) is 31.5. The number of sulfonamides is 1. The van der Waals surface area contributed by atoms with Gasteiger partial charge in [0.15, 0.2) is 0 Å². The second-order valence-electron chi connectivity index (χ2n) is 15.2. The van der Waals surface area contributed by atoms with E-state index >= 15 is 0 Å². The van der Waals surface area contributed by atoms with E-state index in [2.05, 4.69) is 44.4 Å². The summed E-state index contributed by atoms with van der Waals surface area (Å²) < 4.78 is 37.5. The van der Waals surface area contributed by atoms with Crippen LogP contribution in [-0.2, 0) is 23.6 Å². The van der Waals surface area contributed by atoms with E-state index in [0.717, 1.165) is 96.5 Å². The third kappa shape index (κ3) is 5.74. The van der Waals surface area contributed by atoms with Crippen molar-refractivity contribution in [3.8, 4) is 17.0 Å². The topological polar surface area (TPSA) is 119 Å². The molecule has 0 unspecified atom stereocenters. The molecule has 2 aromatic carbocycles. The Balaban J connectivity index is 1.30. The maximum atomic E-state index is 14.4. The number of nitrogens with zero attached hydrogens (tertiary/aromatic N) is 5. The number of piperazine rings is 1. The summed E-state index contributed by atoms with van der Waals surface area (Å²) in [5, 5.41) is 4.96. The van der Waals surface area contributed by atoms with Crippen molar-refractivity contribution in [2.75, 3.05) is 26.7 Å². The number of methoxy groups -OCH3 is 1. The van der Waals surface area contributed by atoms with E-state index in [-0.39, 0.29) is 17.5 Å². The van der Waals surface area contributed by atoms with Gasteiger partial charge in [-0.05, 0) is 98.7 Å². The van der Waals surface area contributed by atoms with Crippen molar-refractivity contribution in [2.45, 2.75) is 89.1 Å². The number of rotatable bonds is 8. The molecule has 2 aromatic heterocycles. The summed E-state index contributed by atoms with van der Waals surface area (Å²) in [5.41, 5.74) is 7.77. The van der Waals surface area contributed by atoms with Gasteiger partial charge in [-0.15, -0.1) is 0 Å². The first-order valence-corrected chi connectivity index (χ1v) is 20.2. The minimum atomic E-state index is -3.83. The monoisotopic (exact) mass is 724 g/mol. The Morgan fingerprint density at radius 2 is 1.81 bits per heavy atom. The molecule has 1 N–H and O–H groups in total. The summed E-state index contributed by atoms with van der Waals surface area (Å²) in [5.74, 6) is 0.416. The van der Waals surface area contributed by atoms with Gasteiger partial charge in [0.2, 0.25) is 10.0 Å². The van der Waals surface area contributed by atoms with Crippen LogP contribution in [0.3, 0.4) is 0 Å². The van der Waals surface area contributed by atoms with Crippen molar-refractivity contribution < 1.29 is 22.7 Å². The molecule has 1 aliphatic carbocycles. The Bertz CT molecular complexity index is 2230. The van der Waals surface area contributed by atoms with E-state index in [1.807, 2.05) is 30.1 Å². The summed E-state index contributed by atoms with van der Waals surface area (Å²) in [6, 6.07) is 12.3. The van der Waals surface area contributed by atoms with E-state index in [4.69, 9.17) is 4.74 Å². The van der Waals surface area contributed by atoms with Crippen LogP contribution >= 0.6 is 0 Å². The molecule has 2 saturated heterocycles. The molecule has 52 heavy (non-hydrogen) atoms. The fraction of sp³-hybridized carbons (Fsp3) is 0.475. The first kappa shape index (κ1) is 34.7. The van der Waals surface area contributed by atoms with Crippen molar-refractivity contribution in [2.24, 2.45) is 7.05 Å². The molecule has 11 nitrogen and oxygen atoms in total. The van der Waals surface area contributed by atoms with Crippen molar-refractivity contribution in [3.05, 3.63) is 70.5 Å². The predicted octanol–water partition coefficient (Wildman–Crippen LogP) is 6.04. The average molecular weight is 725 g/mol. The number of hydrogen-bond acceptors (Lipinski definition) is 7. The van der Waals surface area contributed by atoms with E-state index in [1.54, 1.807) is 37.9 Å². The Hall–Kier alpha value is -4.42. The maximum absolute atomic E-state index is 14.4. The molecule has 0 spiro atoms. The van der Waals surface area contributed by atoms with Crippen LogP contribution in [-0.4, -0.2) is 88.5 Å². The summed E-state index contributed by atoms with van der Waals surface area (Å²) in [6.45, 7) is 8.31. The van der Waals surface area contributed by atoms with Crippen LogP contribution in [0.4, 0.5) is 0 Å². The molecule has 12 heteroatoms. The van der Waals surface area contributed by atoms with Crippen molar-refractivity contribution in [3.63, 3.8) is 0 Å². The third-order valence-electron chi connectivity index (χ3n) is 11.9. The fourth-order valence-corrected chi connectivity index (χ4v) is 9.76. The van der Waals surface area contributed by atoms with Gasteiger partial charge in [0.05, 0.1) is 42.1 Å². The summed E-state index contributed by atoms with van der Waals surface area (Å²) in [6.07, 6.45) is 10.5. The second kappa shape index (κ2) is 13.2. The van der Waals surface area contributed by atoms with Crippen molar-refractivity contribution in [1.29, 1.82) is 0 Å². The van der Waals surface area contributed by atoms with Crippen LogP contribution in [0.25, 0.3) is 33.8 Å². The molecule has 8 rings (SSSR count). The first-order chi connectivity index (χ1) is 25.0. The van der Waals surface area contributed by atoms with Gasteiger partial charge in [-0.3, -0.25) is 19.2 Å². The standard InChI is InChI=1S/C40H48N6O5S/c1-6-44-22-30-19-29(44)23-45(30)40(48)34-20-41-43(4)37(34)28-16-27-17-31(51-5)13-15-32(27)38-36(25-10-8-7-9-11-25)33-14-12-26(18-35(33)46(38)21-28)39(47)42-52(49,50)24(2)3/h12-18,20,24-25,29-30H,6-11,19,21-23H2,1-5H3,(H,42,47)/t29-,30-/m0/s1. The molecule has 5 heterocycles. The fourth-order valence-electron chi connectivity index (χ4n) is 9.15. The Morgan fingerprint density at radius 3 is 2.50 bits per heavy atom. The van der Waals surface area contributed by atoms with Gasteiger partial charge >= 0.3 is 0 Å². The van der Waals surface area contributed by atoms with Gasteiger partial charge in [-0.1, -0.05) is 32.3 Å². The molecular formula is C40H48N6O5S. The Kier molecular flexibility index (Phi) is 8.81. The molecule has 2 amide bonds. The van der Waals surface area contributed by atoms with Crippen molar-refractivity contribution >= 4 is 44.4 Å². The molecule has 4 aromatic rings. The number of likely N-dealkylation sites (tertiary alicyclic amines) is 2. The number of hydrogen-bond donors (Lipinski definition) is 1. The molecule has 274 valence electrons. The number of amides is 2. The second-order valence-corrected chi connectivity index (χ2v) is 17.4. The normalized spacial score (nSPS) is 20.6. The number of benzene rings is 2. The van der Waals surface area contributed by atoms with E-state index in [0.29, 0.717) is 24.1 Å². The molecule has 1 saturated carbocycles. The van der Waals surface area contributed by atoms with Crippen LogP contribution in [0.15, 0.2) is 42.6 Å². The number of likely N-dealkylation sites (N-methyl/N-ethyl adjacent to an activating group) is 1.